The zero-order chi connectivity index (χ0) is 10.8. The molecule has 3 nitrogen and oxygen atoms in total. The van der Waals surface area contributed by atoms with Gasteiger partial charge < -0.3 is 5.11 Å². The first-order chi connectivity index (χ1) is 6.39. The molecule has 1 aromatic rings. The van der Waals surface area contributed by atoms with Crippen LogP contribution in [0.3, 0.4) is 0 Å². The molecule has 0 saturated carbocycles. The van der Waals surface area contributed by atoms with E-state index < -0.39 is 0 Å². The molecule has 0 saturated heterocycles. The van der Waals surface area contributed by atoms with Crippen molar-refractivity contribution in [3.8, 4) is 0 Å². The zero-order valence-corrected chi connectivity index (χ0v) is 9.28. The lowest BCUT2D eigenvalue weighted by Crippen LogP contribution is -2.28. The van der Waals surface area contributed by atoms with Crippen molar-refractivity contribution in [2.45, 2.75) is 40.2 Å². The molecule has 0 radical (unpaired) electrons. The van der Waals surface area contributed by atoms with Crippen LogP contribution in [0.25, 0.3) is 0 Å². The summed E-state index contributed by atoms with van der Waals surface area (Å²) in [6, 6.07) is 1.85. The number of hydrogen-bond acceptors (Lipinski definition) is 3. The number of aryl methyl sites for hydroxylation is 1. The molecule has 0 aliphatic rings. The molecule has 0 amide bonds. The van der Waals surface area contributed by atoms with Crippen molar-refractivity contribution >= 4 is 0 Å². The maximum Gasteiger partial charge on any atom is 0.125 e. The minimum Gasteiger partial charge on any atom is -0.392 e. The van der Waals surface area contributed by atoms with Gasteiger partial charge in [-0.05, 0) is 18.4 Å². The summed E-state index contributed by atoms with van der Waals surface area (Å²) < 4.78 is 0. The lowest BCUT2D eigenvalue weighted by atomic mass is 9.86. The second-order valence-electron chi connectivity index (χ2n) is 4.68. The van der Waals surface area contributed by atoms with Crippen molar-refractivity contribution in [3.05, 3.63) is 23.8 Å². The first-order valence-corrected chi connectivity index (χ1v) is 4.86. The van der Waals surface area contributed by atoms with Crippen molar-refractivity contribution in [1.29, 1.82) is 0 Å². The molecular weight excluding hydrogens is 176 g/mol. The Hall–Kier alpha value is -0.960. The van der Waals surface area contributed by atoms with Gasteiger partial charge in [0.15, 0.2) is 0 Å². The van der Waals surface area contributed by atoms with Gasteiger partial charge in [0.05, 0.1) is 6.10 Å². The highest BCUT2D eigenvalue weighted by Crippen LogP contribution is 2.21. The van der Waals surface area contributed by atoms with Gasteiger partial charge in [0, 0.05) is 18.3 Å². The highest BCUT2D eigenvalue weighted by Gasteiger charge is 2.22. The quantitative estimate of drug-likeness (QED) is 0.780. The van der Waals surface area contributed by atoms with Crippen LogP contribution in [-0.2, 0) is 6.42 Å². The summed E-state index contributed by atoms with van der Waals surface area (Å²) in [4.78, 5) is 8.27. The van der Waals surface area contributed by atoms with Crippen LogP contribution in [-0.4, -0.2) is 21.2 Å². The first kappa shape index (κ1) is 11.1. The van der Waals surface area contributed by atoms with Crippen molar-refractivity contribution in [2.75, 3.05) is 0 Å². The van der Waals surface area contributed by atoms with Gasteiger partial charge in [-0.2, -0.15) is 0 Å². The Bertz CT molecular complexity index is 304. The number of aliphatic hydroxyl groups excluding tert-OH is 1. The van der Waals surface area contributed by atoms with Crippen molar-refractivity contribution in [3.63, 3.8) is 0 Å². The number of aromatic nitrogens is 2. The van der Waals surface area contributed by atoms with Gasteiger partial charge in [0.2, 0.25) is 0 Å². The standard InChI is InChI=1S/C11H18N2O/c1-8-12-6-5-9(13-8)7-10(14)11(2,3)4/h5-6,10,14H,7H2,1-4H3. The van der Waals surface area contributed by atoms with Gasteiger partial charge in [-0.1, -0.05) is 20.8 Å². The highest BCUT2D eigenvalue weighted by atomic mass is 16.3. The first-order valence-electron chi connectivity index (χ1n) is 4.86. The Morgan fingerprint density at radius 2 is 2.07 bits per heavy atom. The van der Waals surface area contributed by atoms with Crippen LogP contribution in [0.5, 0.6) is 0 Å². The molecule has 1 unspecified atom stereocenters. The molecule has 0 spiro atoms. The van der Waals surface area contributed by atoms with Crippen LogP contribution in [0, 0.1) is 12.3 Å². The van der Waals surface area contributed by atoms with E-state index in [0.29, 0.717) is 6.42 Å². The lowest BCUT2D eigenvalue weighted by Gasteiger charge is -2.25. The van der Waals surface area contributed by atoms with Gasteiger partial charge in [-0.15, -0.1) is 0 Å². The van der Waals surface area contributed by atoms with Crippen LogP contribution >= 0.6 is 0 Å². The number of hydrogen-bond donors (Lipinski definition) is 1. The minimum absolute atomic E-state index is 0.0984. The van der Waals surface area contributed by atoms with E-state index in [4.69, 9.17) is 0 Å². The summed E-state index contributed by atoms with van der Waals surface area (Å²) in [6.45, 7) is 7.91. The molecule has 1 heterocycles. The van der Waals surface area contributed by atoms with E-state index in [-0.39, 0.29) is 11.5 Å². The molecule has 1 rings (SSSR count). The Morgan fingerprint density at radius 3 is 2.57 bits per heavy atom. The SMILES string of the molecule is Cc1nccc(CC(O)C(C)(C)C)n1. The molecule has 0 aliphatic heterocycles. The van der Waals surface area contributed by atoms with E-state index in [9.17, 15) is 5.11 Å². The Morgan fingerprint density at radius 1 is 1.43 bits per heavy atom. The molecule has 78 valence electrons. The molecule has 0 aromatic carbocycles. The molecule has 3 heteroatoms. The average molecular weight is 194 g/mol. The summed E-state index contributed by atoms with van der Waals surface area (Å²) in [7, 11) is 0. The second-order valence-corrected chi connectivity index (χ2v) is 4.68. The van der Waals surface area contributed by atoms with Crippen molar-refractivity contribution in [2.24, 2.45) is 5.41 Å². The van der Waals surface area contributed by atoms with Crippen LogP contribution in [0.1, 0.15) is 32.3 Å². The monoisotopic (exact) mass is 194 g/mol. The van der Waals surface area contributed by atoms with E-state index in [1.807, 2.05) is 33.8 Å². The summed E-state index contributed by atoms with van der Waals surface area (Å²) in [5, 5.41) is 9.87. The normalized spacial score (nSPS) is 14.1. The van der Waals surface area contributed by atoms with Crippen LogP contribution in [0.15, 0.2) is 12.3 Å². The molecule has 0 fully saturated rings. The fraction of sp³-hybridized carbons (Fsp3) is 0.636. The van der Waals surface area contributed by atoms with Crippen molar-refractivity contribution in [1.82, 2.24) is 9.97 Å². The zero-order valence-electron chi connectivity index (χ0n) is 9.28. The topological polar surface area (TPSA) is 46.0 Å². The summed E-state index contributed by atoms with van der Waals surface area (Å²) in [5.74, 6) is 0.753. The predicted molar refractivity (Wildman–Crippen MR) is 55.9 cm³/mol. The largest absolute Gasteiger partial charge is 0.392 e. The van der Waals surface area contributed by atoms with E-state index >= 15 is 0 Å². The van der Waals surface area contributed by atoms with Gasteiger partial charge in [0.25, 0.3) is 0 Å². The molecule has 14 heavy (non-hydrogen) atoms. The average Bonchev–Trinajstić information content (AvgIpc) is 2.02. The maximum absolute atomic E-state index is 9.87. The second kappa shape index (κ2) is 4.05. The third-order valence-electron chi connectivity index (χ3n) is 2.24. The smallest absolute Gasteiger partial charge is 0.125 e. The van der Waals surface area contributed by atoms with Gasteiger partial charge in [-0.25, -0.2) is 9.97 Å². The van der Waals surface area contributed by atoms with Gasteiger partial charge in [0.1, 0.15) is 5.82 Å². The van der Waals surface area contributed by atoms with E-state index in [1.54, 1.807) is 6.20 Å². The summed E-state index contributed by atoms with van der Waals surface area (Å²) in [5.41, 5.74) is 0.804. The van der Waals surface area contributed by atoms with E-state index in [0.717, 1.165) is 11.5 Å². The number of aliphatic hydroxyl groups is 1. The molecule has 1 N–H and O–H groups in total. The Balaban J connectivity index is 2.70. The summed E-state index contributed by atoms with van der Waals surface area (Å²) in [6.07, 6.45) is 1.96. The van der Waals surface area contributed by atoms with Crippen LogP contribution < -0.4 is 0 Å². The Kier molecular flexibility index (Phi) is 3.21. The fourth-order valence-electron chi connectivity index (χ4n) is 1.12. The molecule has 0 aliphatic carbocycles. The fourth-order valence-corrected chi connectivity index (χ4v) is 1.12. The lowest BCUT2D eigenvalue weighted by molar-refractivity contribution is 0.0627. The van der Waals surface area contributed by atoms with Gasteiger partial charge >= 0.3 is 0 Å². The number of rotatable bonds is 2. The van der Waals surface area contributed by atoms with Gasteiger partial charge in [-0.3, -0.25) is 0 Å². The minimum atomic E-state index is -0.364. The van der Waals surface area contributed by atoms with Crippen LogP contribution in [0.4, 0.5) is 0 Å². The molecule has 1 atom stereocenters. The third kappa shape index (κ3) is 3.07. The van der Waals surface area contributed by atoms with Crippen LogP contribution in [0.2, 0.25) is 0 Å². The molecule has 0 bridgehead atoms. The van der Waals surface area contributed by atoms with Crippen molar-refractivity contribution < 1.29 is 5.11 Å². The number of nitrogens with zero attached hydrogens (tertiary/aromatic N) is 2. The predicted octanol–water partition coefficient (Wildman–Crippen LogP) is 1.73. The van der Waals surface area contributed by atoms with E-state index in [2.05, 4.69) is 9.97 Å². The Labute approximate surface area is 85.2 Å². The summed E-state index contributed by atoms with van der Waals surface area (Å²) >= 11 is 0. The maximum atomic E-state index is 9.87. The molecule has 1 aromatic heterocycles. The molecular formula is C11H18N2O. The highest BCUT2D eigenvalue weighted by molar-refractivity contribution is 5.03. The van der Waals surface area contributed by atoms with E-state index in [1.165, 1.54) is 0 Å². The third-order valence-corrected chi connectivity index (χ3v) is 2.24.